The molecule has 2 amide bonds. The van der Waals surface area contributed by atoms with Crippen LogP contribution in [0.1, 0.15) is 63.5 Å². The molecule has 10 nitrogen and oxygen atoms in total. The molecular formula is C32H38N4O6. The number of non-ortho nitro benzene ring substituents is 1. The van der Waals surface area contributed by atoms with E-state index in [0.29, 0.717) is 36.0 Å². The predicted octanol–water partition coefficient (Wildman–Crippen LogP) is 4.55. The molecule has 2 heterocycles. The predicted molar refractivity (Wildman–Crippen MR) is 158 cm³/mol. The van der Waals surface area contributed by atoms with Crippen LogP contribution >= 0.6 is 0 Å². The minimum atomic E-state index is -0.942. The van der Waals surface area contributed by atoms with Gasteiger partial charge in [-0.25, -0.2) is 4.79 Å². The number of carbonyl (C=O) groups is 3. The van der Waals surface area contributed by atoms with E-state index in [1.807, 2.05) is 36.9 Å². The van der Waals surface area contributed by atoms with Crippen LogP contribution in [0.25, 0.3) is 0 Å². The molecule has 2 aromatic carbocycles. The van der Waals surface area contributed by atoms with E-state index in [2.05, 4.69) is 22.8 Å². The van der Waals surface area contributed by atoms with Crippen LogP contribution in [-0.2, 0) is 19.1 Å². The number of benzene rings is 2. The van der Waals surface area contributed by atoms with E-state index in [9.17, 15) is 24.5 Å². The van der Waals surface area contributed by atoms with Crippen LogP contribution in [-0.4, -0.2) is 53.8 Å². The summed E-state index contributed by atoms with van der Waals surface area (Å²) in [4.78, 5) is 53.6. The summed E-state index contributed by atoms with van der Waals surface area (Å²) in [6, 6.07) is 15.3. The van der Waals surface area contributed by atoms with Crippen molar-refractivity contribution in [2.45, 2.75) is 58.4 Å². The number of amides is 2. The summed E-state index contributed by atoms with van der Waals surface area (Å²) in [5.74, 6) is -2.11. The Morgan fingerprint density at radius 3 is 2.19 bits per heavy atom. The normalized spacial score (nSPS) is 18.4. The third kappa shape index (κ3) is 6.37. The van der Waals surface area contributed by atoms with Crippen LogP contribution in [0.4, 0.5) is 5.69 Å². The van der Waals surface area contributed by atoms with Gasteiger partial charge in [-0.15, -0.1) is 0 Å². The number of nitrogens with zero attached hydrogens (tertiary/aromatic N) is 2. The average molecular weight is 575 g/mol. The number of rotatable bonds is 8. The molecule has 222 valence electrons. The quantitative estimate of drug-likeness (QED) is 0.269. The van der Waals surface area contributed by atoms with Crippen LogP contribution in [0.3, 0.4) is 0 Å². The number of hydrogen-bond donors (Lipinski definition) is 2. The Balaban J connectivity index is 1.61. The number of nitro benzene ring substituents is 1. The number of nitrogens with one attached hydrogen (secondary N) is 2. The SMILES string of the molecule is COC(=O)C1=C(C)NC(C)=C(C(=O)NC(C(=O)N2CCC(c3ccccc3)CC2)C(C)C)C1c1cccc([N+](=O)[O-])c1. The van der Waals surface area contributed by atoms with Gasteiger partial charge in [0.2, 0.25) is 5.91 Å². The molecule has 0 radical (unpaired) electrons. The fourth-order valence-electron chi connectivity index (χ4n) is 5.91. The highest BCUT2D eigenvalue weighted by atomic mass is 16.6. The van der Waals surface area contributed by atoms with Gasteiger partial charge < -0.3 is 20.3 Å². The molecule has 0 spiro atoms. The van der Waals surface area contributed by atoms with Crippen LogP contribution in [0.5, 0.6) is 0 Å². The number of ether oxygens (including phenoxy) is 1. The summed E-state index contributed by atoms with van der Waals surface area (Å²) in [5.41, 5.74) is 2.82. The lowest BCUT2D eigenvalue weighted by molar-refractivity contribution is -0.384. The summed E-state index contributed by atoms with van der Waals surface area (Å²) in [6.07, 6.45) is 1.67. The Morgan fingerprint density at radius 2 is 1.60 bits per heavy atom. The number of allylic oxidation sites excluding steroid dienone is 2. The summed E-state index contributed by atoms with van der Waals surface area (Å²) < 4.78 is 5.04. The van der Waals surface area contributed by atoms with Crippen molar-refractivity contribution in [3.8, 4) is 0 Å². The third-order valence-electron chi connectivity index (χ3n) is 8.12. The zero-order valence-electron chi connectivity index (χ0n) is 24.7. The Bertz CT molecular complexity index is 1420. The smallest absolute Gasteiger partial charge is 0.336 e. The topological polar surface area (TPSA) is 131 Å². The monoisotopic (exact) mass is 574 g/mol. The summed E-state index contributed by atoms with van der Waals surface area (Å²) in [6.45, 7) is 8.33. The second kappa shape index (κ2) is 13.0. The van der Waals surface area contributed by atoms with Crippen molar-refractivity contribution in [2.75, 3.05) is 20.2 Å². The second-order valence-corrected chi connectivity index (χ2v) is 11.2. The third-order valence-corrected chi connectivity index (χ3v) is 8.12. The second-order valence-electron chi connectivity index (χ2n) is 11.2. The van der Waals surface area contributed by atoms with Gasteiger partial charge in [-0.05, 0) is 49.7 Å². The zero-order valence-corrected chi connectivity index (χ0v) is 24.7. The van der Waals surface area contributed by atoms with Gasteiger partial charge in [0.05, 0.1) is 23.5 Å². The van der Waals surface area contributed by atoms with E-state index in [0.717, 1.165) is 12.8 Å². The molecule has 0 saturated carbocycles. The van der Waals surface area contributed by atoms with E-state index >= 15 is 0 Å². The first-order valence-corrected chi connectivity index (χ1v) is 14.2. The fraction of sp³-hybridized carbons (Fsp3) is 0.406. The summed E-state index contributed by atoms with van der Waals surface area (Å²) in [5, 5.41) is 17.6. The fourth-order valence-corrected chi connectivity index (χ4v) is 5.91. The van der Waals surface area contributed by atoms with E-state index in [4.69, 9.17) is 4.74 Å². The Hall–Kier alpha value is -4.47. The first kappa shape index (κ1) is 30.5. The first-order chi connectivity index (χ1) is 20.0. The molecule has 2 aliphatic heterocycles. The highest BCUT2D eigenvalue weighted by Crippen LogP contribution is 2.40. The van der Waals surface area contributed by atoms with Crippen molar-refractivity contribution in [1.82, 2.24) is 15.5 Å². The maximum absolute atomic E-state index is 14.0. The van der Waals surface area contributed by atoms with Crippen molar-refractivity contribution in [1.29, 1.82) is 0 Å². The molecule has 1 fully saturated rings. The largest absolute Gasteiger partial charge is 0.466 e. The van der Waals surface area contributed by atoms with E-state index < -0.39 is 28.8 Å². The lowest BCUT2D eigenvalue weighted by Gasteiger charge is -2.36. The van der Waals surface area contributed by atoms with Gasteiger partial charge in [0.1, 0.15) is 6.04 Å². The number of carbonyl (C=O) groups excluding carboxylic acids is 3. The Labute approximate surface area is 246 Å². The lowest BCUT2D eigenvalue weighted by atomic mass is 9.79. The van der Waals surface area contributed by atoms with Crippen molar-refractivity contribution >= 4 is 23.5 Å². The van der Waals surface area contributed by atoms with Crippen LogP contribution in [0, 0.1) is 16.0 Å². The summed E-state index contributed by atoms with van der Waals surface area (Å²) >= 11 is 0. The molecular weight excluding hydrogens is 536 g/mol. The standard InChI is InChI=1S/C32H38N4O6/c1-19(2)29(31(38)35-16-14-23(15-17-35)22-10-7-6-8-11-22)34-30(37)26-20(3)33-21(4)27(32(39)42-5)28(26)24-12-9-13-25(18-24)36(40)41/h6-13,18-19,23,28-29,33H,14-17H2,1-5H3,(H,34,37). The first-order valence-electron chi connectivity index (χ1n) is 14.2. The highest BCUT2D eigenvalue weighted by Gasteiger charge is 2.39. The Kier molecular flexibility index (Phi) is 9.45. The van der Waals surface area contributed by atoms with E-state index in [-0.39, 0.29) is 28.7 Å². The molecule has 0 aromatic heterocycles. The number of methoxy groups -OCH3 is 1. The zero-order chi connectivity index (χ0) is 30.6. The Morgan fingerprint density at radius 1 is 0.976 bits per heavy atom. The van der Waals surface area contributed by atoms with Crippen molar-refractivity contribution in [3.05, 3.63) is 98.4 Å². The highest BCUT2D eigenvalue weighted by molar-refractivity contribution is 6.03. The number of piperidine rings is 1. The number of esters is 1. The molecule has 2 atom stereocenters. The molecule has 0 aliphatic carbocycles. The van der Waals surface area contributed by atoms with Crippen LogP contribution in [0.2, 0.25) is 0 Å². The molecule has 2 unspecified atom stereocenters. The molecule has 1 saturated heterocycles. The van der Waals surface area contributed by atoms with Gasteiger partial charge in [-0.3, -0.25) is 19.7 Å². The maximum Gasteiger partial charge on any atom is 0.336 e. The van der Waals surface area contributed by atoms with Crippen LogP contribution in [0.15, 0.2) is 77.1 Å². The summed E-state index contributed by atoms with van der Waals surface area (Å²) in [7, 11) is 1.24. The average Bonchev–Trinajstić information content (AvgIpc) is 2.99. The van der Waals surface area contributed by atoms with Crippen molar-refractivity contribution in [2.24, 2.45) is 5.92 Å². The number of hydrogen-bond acceptors (Lipinski definition) is 7. The maximum atomic E-state index is 14.0. The minimum absolute atomic E-state index is 0.154. The molecule has 2 aliphatic rings. The van der Waals surface area contributed by atoms with Crippen LogP contribution < -0.4 is 10.6 Å². The van der Waals surface area contributed by atoms with Gasteiger partial charge in [0.25, 0.3) is 11.6 Å². The molecule has 10 heteroatoms. The number of likely N-dealkylation sites (tertiary alicyclic amines) is 1. The van der Waals surface area contributed by atoms with Gasteiger partial charge in [-0.2, -0.15) is 0 Å². The minimum Gasteiger partial charge on any atom is -0.466 e. The molecule has 2 aromatic rings. The molecule has 2 N–H and O–H groups in total. The van der Waals surface area contributed by atoms with E-state index in [1.165, 1.54) is 30.9 Å². The van der Waals surface area contributed by atoms with Gasteiger partial charge >= 0.3 is 5.97 Å². The number of dihydropyridines is 1. The van der Waals surface area contributed by atoms with Crippen molar-refractivity contribution < 1.29 is 24.0 Å². The lowest BCUT2D eigenvalue weighted by Crippen LogP contribution is -2.53. The molecule has 42 heavy (non-hydrogen) atoms. The molecule has 4 rings (SSSR count). The van der Waals surface area contributed by atoms with Crippen molar-refractivity contribution in [3.63, 3.8) is 0 Å². The van der Waals surface area contributed by atoms with Gasteiger partial charge in [-0.1, -0.05) is 56.3 Å². The van der Waals surface area contributed by atoms with Gasteiger partial charge in [0.15, 0.2) is 0 Å². The van der Waals surface area contributed by atoms with E-state index in [1.54, 1.807) is 19.9 Å². The number of nitro groups is 1. The molecule has 0 bridgehead atoms. The van der Waals surface area contributed by atoms with Gasteiger partial charge in [0, 0.05) is 42.2 Å².